The SMILES string of the molecule is Nc1ccccc1CCC(=O)N1CCN(CCOc2ccccc2Cl)CC1. The molecule has 27 heavy (non-hydrogen) atoms. The van der Waals surface area contributed by atoms with Crippen LogP contribution >= 0.6 is 11.6 Å². The molecule has 0 aromatic heterocycles. The standard InChI is InChI=1S/C21H26ClN3O2/c22-18-6-2-4-8-20(18)27-16-15-24-11-13-25(14-12-24)21(26)10-9-17-5-1-3-7-19(17)23/h1-8H,9-16,23H2. The molecular weight excluding hydrogens is 362 g/mol. The molecule has 1 fully saturated rings. The molecule has 6 heteroatoms. The van der Waals surface area contributed by atoms with Crippen LogP contribution in [-0.2, 0) is 11.2 Å². The molecule has 2 aromatic carbocycles. The highest BCUT2D eigenvalue weighted by atomic mass is 35.5. The lowest BCUT2D eigenvalue weighted by Gasteiger charge is -2.34. The molecule has 0 atom stereocenters. The van der Waals surface area contributed by atoms with Gasteiger partial charge in [-0.25, -0.2) is 0 Å². The first kappa shape index (κ1) is 19.5. The van der Waals surface area contributed by atoms with Crippen molar-refractivity contribution in [1.29, 1.82) is 0 Å². The Hall–Kier alpha value is -2.24. The van der Waals surface area contributed by atoms with Gasteiger partial charge in [-0.05, 0) is 30.2 Å². The Balaban J connectivity index is 1.36. The van der Waals surface area contributed by atoms with Gasteiger partial charge in [0.25, 0.3) is 0 Å². The van der Waals surface area contributed by atoms with Gasteiger partial charge in [-0.15, -0.1) is 0 Å². The third-order valence-electron chi connectivity index (χ3n) is 4.89. The van der Waals surface area contributed by atoms with E-state index in [1.807, 2.05) is 53.4 Å². The second-order valence-corrected chi connectivity index (χ2v) is 7.11. The predicted molar refractivity (Wildman–Crippen MR) is 109 cm³/mol. The first-order valence-electron chi connectivity index (χ1n) is 9.34. The third-order valence-corrected chi connectivity index (χ3v) is 5.20. The van der Waals surface area contributed by atoms with Gasteiger partial charge in [-0.1, -0.05) is 41.9 Å². The van der Waals surface area contributed by atoms with Gasteiger partial charge in [0.2, 0.25) is 5.91 Å². The number of ether oxygens (including phenoxy) is 1. The first-order valence-corrected chi connectivity index (χ1v) is 9.72. The van der Waals surface area contributed by atoms with Gasteiger partial charge >= 0.3 is 0 Å². The minimum atomic E-state index is 0.199. The number of nitrogen functional groups attached to an aromatic ring is 1. The zero-order valence-electron chi connectivity index (χ0n) is 15.4. The van der Waals surface area contributed by atoms with E-state index in [-0.39, 0.29) is 5.91 Å². The monoisotopic (exact) mass is 387 g/mol. The van der Waals surface area contributed by atoms with Crippen molar-refractivity contribution in [3.05, 3.63) is 59.1 Å². The van der Waals surface area contributed by atoms with E-state index in [0.717, 1.165) is 44.0 Å². The number of piperazine rings is 1. The molecule has 5 nitrogen and oxygen atoms in total. The lowest BCUT2D eigenvalue weighted by atomic mass is 10.1. The van der Waals surface area contributed by atoms with E-state index in [1.54, 1.807) is 0 Å². The van der Waals surface area contributed by atoms with Crippen LogP contribution < -0.4 is 10.5 Å². The fraction of sp³-hybridized carbons (Fsp3) is 0.381. The van der Waals surface area contributed by atoms with Gasteiger partial charge in [0.05, 0.1) is 5.02 Å². The highest BCUT2D eigenvalue weighted by molar-refractivity contribution is 6.32. The molecular formula is C21H26ClN3O2. The maximum Gasteiger partial charge on any atom is 0.222 e. The van der Waals surface area contributed by atoms with E-state index in [9.17, 15) is 4.79 Å². The van der Waals surface area contributed by atoms with Gasteiger partial charge in [-0.2, -0.15) is 0 Å². The predicted octanol–water partition coefficient (Wildman–Crippen LogP) is 3.08. The van der Waals surface area contributed by atoms with Crippen molar-refractivity contribution < 1.29 is 9.53 Å². The minimum absolute atomic E-state index is 0.199. The van der Waals surface area contributed by atoms with Crippen molar-refractivity contribution in [2.45, 2.75) is 12.8 Å². The Labute approximate surface area is 165 Å². The van der Waals surface area contributed by atoms with Gasteiger partial charge in [0, 0.05) is 44.8 Å². The molecule has 0 bridgehead atoms. The number of hydrogen-bond acceptors (Lipinski definition) is 4. The molecule has 1 amide bonds. The highest BCUT2D eigenvalue weighted by Gasteiger charge is 2.20. The van der Waals surface area contributed by atoms with Crippen LogP contribution in [0.3, 0.4) is 0 Å². The second kappa shape index (κ2) is 9.62. The molecule has 0 unspecified atom stereocenters. The van der Waals surface area contributed by atoms with Gasteiger partial charge < -0.3 is 15.4 Å². The van der Waals surface area contributed by atoms with Crippen LogP contribution in [0.15, 0.2) is 48.5 Å². The molecule has 2 N–H and O–H groups in total. The Bertz CT molecular complexity index is 761. The Kier molecular flexibility index (Phi) is 6.96. The maximum absolute atomic E-state index is 12.5. The van der Waals surface area contributed by atoms with Crippen molar-refractivity contribution >= 4 is 23.2 Å². The summed E-state index contributed by atoms with van der Waals surface area (Å²) in [7, 11) is 0. The zero-order chi connectivity index (χ0) is 19.1. The summed E-state index contributed by atoms with van der Waals surface area (Å²) in [4.78, 5) is 16.7. The van der Waals surface area contributed by atoms with E-state index in [4.69, 9.17) is 22.1 Å². The van der Waals surface area contributed by atoms with Crippen molar-refractivity contribution in [1.82, 2.24) is 9.80 Å². The quantitative estimate of drug-likeness (QED) is 0.742. The molecule has 1 heterocycles. The van der Waals surface area contributed by atoms with Gasteiger partial charge in [-0.3, -0.25) is 9.69 Å². The molecule has 2 aromatic rings. The van der Waals surface area contributed by atoms with E-state index >= 15 is 0 Å². The number of benzene rings is 2. The molecule has 0 aliphatic carbocycles. The number of nitrogens with two attached hydrogens (primary N) is 1. The van der Waals surface area contributed by atoms with Crippen molar-refractivity contribution in [3.63, 3.8) is 0 Å². The third kappa shape index (κ3) is 5.62. The van der Waals surface area contributed by atoms with Crippen LogP contribution in [0.5, 0.6) is 5.75 Å². The van der Waals surface area contributed by atoms with E-state index in [1.165, 1.54) is 0 Å². The largest absolute Gasteiger partial charge is 0.491 e. The normalized spacial score (nSPS) is 14.9. The molecule has 144 valence electrons. The topological polar surface area (TPSA) is 58.8 Å². The lowest BCUT2D eigenvalue weighted by Crippen LogP contribution is -2.49. The summed E-state index contributed by atoms with van der Waals surface area (Å²) in [5, 5.41) is 0.631. The number of nitrogens with zero attached hydrogens (tertiary/aromatic N) is 2. The Morgan fingerprint density at radius 3 is 2.48 bits per heavy atom. The number of aryl methyl sites for hydroxylation is 1. The number of carbonyl (C=O) groups excluding carboxylic acids is 1. The molecule has 1 aliphatic heterocycles. The van der Waals surface area contributed by atoms with Crippen molar-refractivity contribution in [3.8, 4) is 5.75 Å². The molecule has 3 rings (SSSR count). The molecule has 1 saturated heterocycles. The number of carbonyl (C=O) groups is 1. The van der Waals surface area contributed by atoms with Crippen LogP contribution in [0.25, 0.3) is 0 Å². The van der Waals surface area contributed by atoms with E-state index in [0.29, 0.717) is 30.2 Å². The number of amides is 1. The summed E-state index contributed by atoms with van der Waals surface area (Å²) >= 11 is 6.09. The summed E-state index contributed by atoms with van der Waals surface area (Å²) in [6.45, 7) is 4.67. The molecule has 0 saturated carbocycles. The summed E-state index contributed by atoms with van der Waals surface area (Å²) in [6.07, 6.45) is 1.20. The van der Waals surface area contributed by atoms with Crippen molar-refractivity contribution in [2.75, 3.05) is 45.1 Å². The van der Waals surface area contributed by atoms with E-state index in [2.05, 4.69) is 4.90 Å². The molecule has 1 aliphatic rings. The fourth-order valence-electron chi connectivity index (χ4n) is 3.23. The van der Waals surface area contributed by atoms with Crippen LogP contribution in [0, 0.1) is 0 Å². The lowest BCUT2D eigenvalue weighted by molar-refractivity contribution is -0.132. The number of halogens is 1. The van der Waals surface area contributed by atoms with Crippen LogP contribution in [0.2, 0.25) is 5.02 Å². The second-order valence-electron chi connectivity index (χ2n) is 6.70. The van der Waals surface area contributed by atoms with Crippen LogP contribution in [-0.4, -0.2) is 55.0 Å². The zero-order valence-corrected chi connectivity index (χ0v) is 16.2. The van der Waals surface area contributed by atoms with Crippen molar-refractivity contribution in [2.24, 2.45) is 0 Å². The maximum atomic E-state index is 12.5. The highest BCUT2D eigenvalue weighted by Crippen LogP contribution is 2.23. The molecule has 0 radical (unpaired) electrons. The fourth-order valence-corrected chi connectivity index (χ4v) is 3.42. The van der Waals surface area contributed by atoms with Crippen LogP contribution in [0.4, 0.5) is 5.69 Å². The smallest absolute Gasteiger partial charge is 0.222 e. The summed E-state index contributed by atoms with van der Waals surface area (Å²) in [5.74, 6) is 0.915. The number of para-hydroxylation sites is 2. The Morgan fingerprint density at radius 1 is 1.04 bits per heavy atom. The first-order chi connectivity index (χ1) is 13.1. The van der Waals surface area contributed by atoms with Crippen LogP contribution in [0.1, 0.15) is 12.0 Å². The summed E-state index contributed by atoms with van der Waals surface area (Å²) in [5.41, 5.74) is 7.75. The Morgan fingerprint density at radius 2 is 1.74 bits per heavy atom. The number of rotatable bonds is 7. The van der Waals surface area contributed by atoms with Gasteiger partial charge in [0.1, 0.15) is 12.4 Å². The average Bonchev–Trinajstić information content (AvgIpc) is 2.69. The average molecular weight is 388 g/mol. The minimum Gasteiger partial charge on any atom is -0.491 e. The summed E-state index contributed by atoms with van der Waals surface area (Å²) < 4.78 is 5.75. The summed E-state index contributed by atoms with van der Waals surface area (Å²) in [6, 6.07) is 15.2. The van der Waals surface area contributed by atoms with Gasteiger partial charge in [0.15, 0.2) is 0 Å². The number of hydrogen-bond donors (Lipinski definition) is 1. The number of anilines is 1. The van der Waals surface area contributed by atoms with E-state index < -0.39 is 0 Å². The molecule has 0 spiro atoms.